The molecule has 8 heavy (non-hydrogen) atoms. The van der Waals surface area contributed by atoms with Crippen molar-refractivity contribution in [3.63, 3.8) is 0 Å². The topological polar surface area (TPSA) is 9.23 Å². The summed E-state index contributed by atoms with van der Waals surface area (Å²) in [7, 11) is 2.81. The van der Waals surface area contributed by atoms with Crippen LogP contribution in [0.2, 0.25) is 0 Å². The van der Waals surface area contributed by atoms with Crippen LogP contribution >= 0.6 is 9.24 Å². The van der Waals surface area contributed by atoms with Gasteiger partial charge in [0.05, 0.1) is 6.61 Å². The van der Waals surface area contributed by atoms with Gasteiger partial charge in [-0.15, -0.1) is 9.24 Å². The molecule has 0 N–H and O–H groups in total. The molecule has 1 aliphatic rings. The predicted octanol–water partition coefficient (Wildman–Crippen LogP) is 1.43. The molecule has 0 aromatic carbocycles. The van der Waals surface area contributed by atoms with Crippen LogP contribution in [0.1, 0.15) is 19.3 Å². The van der Waals surface area contributed by atoms with Gasteiger partial charge in [-0.3, -0.25) is 0 Å². The summed E-state index contributed by atoms with van der Waals surface area (Å²) >= 11 is 0. The minimum absolute atomic E-state index is 0.720. The van der Waals surface area contributed by atoms with E-state index in [2.05, 4.69) is 9.24 Å². The van der Waals surface area contributed by atoms with Gasteiger partial charge in [0.15, 0.2) is 0 Å². The van der Waals surface area contributed by atoms with Crippen LogP contribution in [-0.2, 0) is 4.74 Å². The fourth-order valence-corrected chi connectivity index (χ4v) is 1.30. The first-order valence-corrected chi connectivity index (χ1v) is 3.89. The number of hydrogen-bond donors (Lipinski definition) is 0. The van der Waals surface area contributed by atoms with E-state index < -0.39 is 0 Å². The maximum atomic E-state index is 5.29. The first-order valence-electron chi connectivity index (χ1n) is 3.23. The van der Waals surface area contributed by atoms with E-state index in [1.54, 1.807) is 0 Å². The summed E-state index contributed by atoms with van der Waals surface area (Å²) in [5.74, 6) is 0. The average molecular weight is 132 g/mol. The molecule has 0 spiro atoms. The molecule has 0 aliphatic carbocycles. The Hall–Kier alpha value is 0.390. The molecule has 0 amide bonds. The SMILES string of the molecule is PC1CCCCOC1. The van der Waals surface area contributed by atoms with Gasteiger partial charge in [-0.25, -0.2) is 0 Å². The fourth-order valence-electron chi connectivity index (χ4n) is 0.929. The van der Waals surface area contributed by atoms with Gasteiger partial charge in [0, 0.05) is 6.61 Å². The van der Waals surface area contributed by atoms with Crippen molar-refractivity contribution in [2.75, 3.05) is 13.2 Å². The highest BCUT2D eigenvalue weighted by molar-refractivity contribution is 7.17. The second-order valence-corrected chi connectivity index (χ2v) is 3.27. The van der Waals surface area contributed by atoms with Crippen LogP contribution in [0.3, 0.4) is 0 Å². The zero-order chi connectivity index (χ0) is 5.82. The average Bonchev–Trinajstić information content (AvgIpc) is 1.94. The van der Waals surface area contributed by atoms with Gasteiger partial charge >= 0.3 is 0 Å². The van der Waals surface area contributed by atoms with Crippen molar-refractivity contribution in [1.29, 1.82) is 0 Å². The summed E-state index contributed by atoms with van der Waals surface area (Å²) in [5, 5.41) is 0. The van der Waals surface area contributed by atoms with E-state index in [1.165, 1.54) is 19.3 Å². The van der Waals surface area contributed by atoms with Crippen molar-refractivity contribution in [2.45, 2.75) is 24.9 Å². The Kier molecular flexibility index (Phi) is 2.78. The highest BCUT2D eigenvalue weighted by atomic mass is 31.0. The lowest BCUT2D eigenvalue weighted by Crippen LogP contribution is -2.03. The molecule has 0 aromatic heterocycles. The van der Waals surface area contributed by atoms with Crippen LogP contribution in [0.4, 0.5) is 0 Å². The third-order valence-electron chi connectivity index (χ3n) is 1.45. The lowest BCUT2D eigenvalue weighted by atomic mass is 10.2. The van der Waals surface area contributed by atoms with E-state index in [0.717, 1.165) is 18.9 Å². The van der Waals surface area contributed by atoms with Crippen molar-refractivity contribution in [3.8, 4) is 0 Å². The molecule has 0 saturated carbocycles. The summed E-state index contributed by atoms with van der Waals surface area (Å²) in [6.07, 6.45) is 3.92. The van der Waals surface area contributed by atoms with Gasteiger partial charge in [0.1, 0.15) is 0 Å². The van der Waals surface area contributed by atoms with Crippen molar-refractivity contribution in [1.82, 2.24) is 0 Å². The Bertz CT molecular complexity index is 57.5. The van der Waals surface area contributed by atoms with Gasteiger partial charge in [-0.1, -0.05) is 6.42 Å². The Balaban J connectivity index is 2.17. The molecule has 1 saturated heterocycles. The van der Waals surface area contributed by atoms with Crippen molar-refractivity contribution in [2.24, 2.45) is 0 Å². The van der Waals surface area contributed by atoms with Crippen LogP contribution in [0.15, 0.2) is 0 Å². The van der Waals surface area contributed by atoms with Gasteiger partial charge in [-0.2, -0.15) is 0 Å². The molecule has 2 heteroatoms. The summed E-state index contributed by atoms with van der Waals surface area (Å²) < 4.78 is 5.29. The summed E-state index contributed by atoms with van der Waals surface area (Å²) in [4.78, 5) is 0. The van der Waals surface area contributed by atoms with E-state index in [1.807, 2.05) is 0 Å². The number of ether oxygens (including phenoxy) is 1. The monoisotopic (exact) mass is 132 g/mol. The normalized spacial score (nSPS) is 31.9. The van der Waals surface area contributed by atoms with Crippen molar-refractivity contribution >= 4 is 9.24 Å². The van der Waals surface area contributed by atoms with Crippen LogP contribution in [0, 0.1) is 0 Å². The van der Waals surface area contributed by atoms with Gasteiger partial charge in [0.2, 0.25) is 0 Å². The van der Waals surface area contributed by atoms with E-state index >= 15 is 0 Å². The van der Waals surface area contributed by atoms with E-state index in [4.69, 9.17) is 4.74 Å². The van der Waals surface area contributed by atoms with Gasteiger partial charge < -0.3 is 4.74 Å². The van der Waals surface area contributed by atoms with E-state index in [0.29, 0.717) is 0 Å². The fraction of sp³-hybridized carbons (Fsp3) is 1.00. The Labute approximate surface area is 53.0 Å². The van der Waals surface area contributed by atoms with Crippen molar-refractivity contribution in [3.05, 3.63) is 0 Å². The van der Waals surface area contributed by atoms with E-state index in [-0.39, 0.29) is 0 Å². The first-order chi connectivity index (χ1) is 3.89. The molecule has 48 valence electrons. The molecular formula is C6H13OP. The highest BCUT2D eigenvalue weighted by Crippen LogP contribution is 2.13. The molecule has 0 aromatic rings. The first kappa shape index (κ1) is 6.51. The third kappa shape index (κ3) is 2.11. The standard InChI is InChI=1S/C6H13OP/c8-6-3-1-2-4-7-5-6/h6H,1-5,8H2. The maximum absolute atomic E-state index is 5.29. The van der Waals surface area contributed by atoms with Gasteiger partial charge in [0.25, 0.3) is 0 Å². The smallest absolute Gasteiger partial charge is 0.0528 e. The lowest BCUT2D eigenvalue weighted by molar-refractivity contribution is 0.147. The molecule has 1 rings (SSSR count). The van der Waals surface area contributed by atoms with Gasteiger partial charge in [-0.05, 0) is 18.5 Å². The maximum Gasteiger partial charge on any atom is 0.0528 e. The lowest BCUT2D eigenvalue weighted by Gasteiger charge is -2.03. The third-order valence-corrected chi connectivity index (χ3v) is 1.97. The summed E-state index contributed by atoms with van der Waals surface area (Å²) in [6.45, 7) is 1.93. The molecule has 0 radical (unpaired) electrons. The number of rotatable bonds is 0. The Morgan fingerprint density at radius 1 is 1.38 bits per heavy atom. The quantitative estimate of drug-likeness (QED) is 0.453. The second-order valence-electron chi connectivity index (χ2n) is 2.33. The van der Waals surface area contributed by atoms with Crippen molar-refractivity contribution < 1.29 is 4.74 Å². The molecular weight excluding hydrogens is 119 g/mol. The summed E-state index contributed by atoms with van der Waals surface area (Å²) in [6, 6.07) is 0. The molecule has 2 atom stereocenters. The Morgan fingerprint density at radius 3 is 3.12 bits per heavy atom. The predicted molar refractivity (Wildman–Crippen MR) is 38.2 cm³/mol. The van der Waals surface area contributed by atoms with Crippen LogP contribution in [0.5, 0.6) is 0 Å². The minimum atomic E-state index is 0.720. The zero-order valence-electron chi connectivity index (χ0n) is 5.10. The molecule has 0 bridgehead atoms. The second kappa shape index (κ2) is 3.42. The zero-order valence-corrected chi connectivity index (χ0v) is 6.25. The molecule has 1 fully saturated rings. The van der Waals surface area contributed by atoms with Crippen LogP contribution < -0.4 is 0 Å². The Morgan fingerprint density at radius 2 is 2.25 bits per heavy atom. The molecule has 1 nitrogen and oxygen atoms in total. The minimum Gasteiger partial charge on any atom is -0.381 e. The summed E-state index contributed by atoms with van der Waals surface area (Å²) in [5.41, 5.74) is 0.720. The molecule has 2 unspecified atom stereocenters. The largest absolute Gasteiger partial charge is 0.381 e. The van der Waals surface area contributed by atoms with E-state index in [9.17, 15) is 0 Å². The molecule has 1 aliphatic heterocycles. The highest BCUT2D eigenvalue weighted by Gasteiger charge is 2.05. The van der Waals surface area contributed by atoms with Crippen LogP contribution in [0.25, 0.3) is 0 Å². The number of hydrogen-bond acceptors (Lipinski definition) is 1. The van der Waals surface area contributed by atoms with Crippen LogP contribution in [-0.4, -0.2) is 18.9 Å². The molecule has 1 heterocycles.